The van der Waals surface area contributed by atoms with Gasteiger partial charge in [0.25, 0.3) is 5.69 Å². The number of halogens is 3. The molecule has 29 heavy (non-hydrogen) atoms. The molecule has 1 heterocycles. The number of nitro groups is 1. The second-order valence-electron chi connectivity index (χ2n) is 5.96. The highest BCUT2D eigenvalue weighted by Gasteiger charge is 2.38. The van der Waals surface area contributed by atoms with Gasteiger partial charge in [-0.05, 0) is 35.9 Å². The quantitative estimate of drug-likeness (QED) is 0.557. The zero-order chi connectivity index (χ0) is 21.2. The predicted octanol–water partition coefficient (Wildman–Crippen LogP) is 5.20. The molecule has 2 aromatic carbocycles. The number of benzene rings is 2. The highest BCUT2D eigenvalue weighted by atomic mass is 19.4. The van der Waals surface area contributed by atoms with E-state index in [4.69, 9.17) is 9.47 Å². The fraction of sp³-hybridized carbons (Fsp3) is 0.105. The van der Waals surface area contributed by atoms with Crippen LogP contribution in [0.5, 0.6) is 5.75 Å². The number of hydrogen-bond donors (Lipinski definition) is 1. The molecular formula is C19H13F3N2O5. The van der Waals surface area contributed by atoms with Crippen LogP contribution in [-0.2, 0) is 11.3 Å². The van der Waals surface area contributed by atoms with Gasteiger partial charge in [0.2, 0.25) is 0 Å². The topological polar surface area (TPSA) is 90.7 Å². The van der Waals surface area contributed by atoms with Crippen molar-refractivity contribution >= 4 is 23.0 Å². The molecule has 3 rings (SSSR count). The van der Waals surface area contributed by atoms with Gasteiger partial charge in [-0.15, -0.1) is 0 Å². The molecule has 0 fully saturated rings. The molecule has 0 saturated heterocycles. The van der Waals surface area contributed by atoms with Crippen LogP contribution in [0.15, 0.2) is 60.9 Å². The number of fused-ring (bicyclic) bond motifs is 1. The Morgan fingerprint density at radius 1 is 1.21 bits per heavy atom. The number of hydrogen-bond acceptors (Lipinski definition) is 5. The Labute approximate surface area is 162 Å². The van der Waals surface area contributed by atoms with Crippen molar-refractivity contribution in [1.29, 1.82) is 0 Å². The average molecular weight is 406 g/mol. The molecule has 1 amide bonds. The summed E-state index contributed by atoms with van der Waals surface area (Å²) in [5.41, 5.74) is -0.476. The number of carbonyl (C=O) groups is 1. The zero-order valence-electron chi connectivity index (χ0n) is 14.7. The third-order valence-electron chi connectivity index (χ3n) is 3.89. The van der Waals surface area contributed by atoms with Crippen LogP contribution in [0.4, 0.5) is 29.3 Å². The van der Waals surface area contributed by atoms with Crippen LogP contribution in [0.1, 0.15) is 11.1 Å². The molecule has 2 aromatic rings. The summed E-state index contributed by atoms with van der Waals surface area (Å²) in [6.07, 6.45) is -4.64. The number of nitrogens with one attached hydrogen (secondary N) is 1. The van der Waals surface area contributed by atoms with Crippen molar-refractivity contribution in [2.45, 2.75) is 12.8 Å². The first kappa shape index (κ1) is 19.9. The SMILES string of the molecule is C=C1C=C(C(F)(F)F)c2ccc(NC(=O)OCc3ccc([N+](=O)[O-])cc3)cc2O1. The Hall–Kier alpha value is -3.82. The van der Waals surface area contributed by atoms with Crippen LogP contribution < -0.4 is 10.1 Å². The first-order chi connectivity index (χ1) is 13.6. The molecule has 7 nitrogen and oxygen atoms in total. The molecule has 0 atom stereocenters. The minimum Gasteiger partial charge on any atom is -0.457 e. The van der Waals surface area contributed by atoms with E-state index >= 15 is 0 Å². The van der Waals surface area contributed by atoms with Gasteiger partial charge in [-0.25, -0.2) is 4.79 Å². The highest BCUT2D eigenvalue weighted by molar-refractivity contribution is 5.87. The predicted molar refractivity (Wildman–Crippen MR) is 97.1 cm³/mol. The van der Waals surface area contributed by atoms with E-state index in [1.807, 2.05) is 0 Å². The lowest BCUT2D eigenvalue weighted by atomic mass is 10.0. The second-order valence-corrected chi connectivity index (χ2v) is 5.96. The van der Waals surface area contributed by atoms with Gasteiger partial charge in [-0.2, -0.15) is 13.2 Å². The first-order valence-corrected chi connectivity index (χ1v) is 8.10. The Balaban J connectivity index is 1.66. The summed E-state index contributed by atoms with van der Waals surface area (Å²) < 4.78 is 49.7. The van der Waals surface area contributed by atoms with Crippen molar-refractivity contribution in [1.82, 2.24) is 0 Å². The van der Waals surface area contributed by atoms with E-state index < -0.39 is 22.8 Å². The molecule has 1 aliphatic heterocycles. The van der Waals surface area contributed by atoms with Crippen LogP contribution in [0.25, 0.3) is 5.57 Å². The van der Waals surface area contributed by atoms with E-state index in [0.29, 0.717) is 5.56 Å². The van der Waals surface area contributed by atoms with Crippen LogP contribution >= 0.6 is 0 Å². The number of ether oxygens (including phenoxy) is 2. The van der Waals surface area contributed by atoms with Gasteiger partial charge in [-0.3, -0.25) is 15.4 Å². The number of amides is 1. The van der Waals surface area contributed by atoms with E-state index in [1.54, 1.807) is 0 Å². The van der Waals surface area contributed by atoms with E-state index in [0.717, 1.165) is 6.08 Å². The maximum absolute atomic E-state index is 13.1. The van der Waals surface area contributed by atoms with Gasteiger partial charge >= 0.3 is 12.3 Å². The lowest BCUT2D eigenvalue weighted by Gasteiger charge is -2.22. The summed E-state index contributed by atoms with van der Waals surface area (Å²) in [5.74, 6) is -0.277. The molecular weight excluding hydrogens is 393 g/mol. The summed E-state index contributed by atoms with van der Waals surface area (Å²) in [4.78, 5) is 22.0. The van der Waals surface area contributed by atoms with Crippen molar-refractivity contribution in [3.8, 4) is 5.75 Å². The number of nitrogens with zero attached hydrogens (tertiary/aromatic N) is 1. The summed E-state index contributed by atoms with van der Waals surface area (Å²) in [6.45, 7) is 3.24. The van der Waals surface area contributed by atoms with Crippen molar-refractivity contribution in [3.63, 3.8) is 0 Å². The first-order valence-electron chi connectivity index (χ1n) is 8.10. The summed E-state index contributed by atoms with van der Waals surface area (Å²) in [7, 11) is 0. The maximum Gasteiger partial charge on any atom is 0.417 e. The monoisotopic (exact) mass is 406 g/mol. The Morgan fingerprint density at radius 3 is 2.52 bits per heavy atom. The van der Waals surface area contributed by atoms with E-state index in [2.05, 4.69) is 11.9 Å². The Morgan fingerprint density at radius 2 is 1.90 bits per heavy atom. The molecule has 0 aliphatic carbocycles. The fourth-order valence-electron chi connectivity index (χ4n) is 2.57. The van der Waals surface area contributed by atoms with Crippen LogP contribution in [0.2, 0.25) is 0 Å². The maximum atomic E-state index is 13.1. The Bertz CT molecular complexity index is 1010. The smallest absolute Gasteiger partial charge is 0.417 e. The molecule has 0 bridgehead atoms. The molecule has 0 spiro atoms. The second kappa shape index (κ2) is 7.66. The third-order valence-corrected chi connectivity index (χ3v) is 3.89. The number of alkyl halides is 3. The van der Waals surface area contributed by atoms with Crippen molar-refractivity contribution in [2.24, 2.45) is 0 Å². The van der Waals surface area contributed by atoms with Crippen LogP contribution in [-0.4, -0.2) is 17.2 Å². The summed E-state index contributed by atoms with van der Waals surface area (Å²) >= 11 is 0. The molecule has 0 unspecified atom stereocenters. The van der Waals surface area contributed by atoms with Gasteiger partial charge in [0.1, 0.15) is 18.1 Å². The minimum atomic E-state index is -4.58. The number of carbonyl (C=O) groups excluding carboxylic acids is 1. The molecule has 0 aromatic heterocycles. The molecule has 1 N–H and O–H groups in total. The minimum absolute atomic E-state index is 0.0962. The fourth-order valence-corrected chi connectivity index (χ4v) is 2.57. The van der Waals surface area contributed by atoms with Crippen LogP contribution in [0, 0.1) is 10.1 Å². The van der Waals surface area contributed by atoms with Crippen LogP contribution in [0.3, 0.4) is 0 Å². The molecule has 0 radical (unpaired) electrons. The number of nitro benzene ring substituents is 1. The Kier molecular flexibility index (Phi) is 5.26. The van der Waals surface area contributed by atoms with Gasteiger partial charge in [0.05, 0.1) is 10.5 Å². The number of anilines is 1. The number of allylic oxidation sites excluding steroid dienone is 2. The standard InChI is InChI=1S/C19H13F3N2O5/c1-11-8-16(19(20,21)22)15-7-4-13(9-17(15)29-11)23-18(25)28-10-12-2-5-14(6-3-12)24(26)27/h2-9H,1,10H2,(H,23,25). The van der Waals surface area contributed by atoms with Gasteiger partial charge in [-0.1, -0.05) is 6.58 Å². The molecule has 0 saturated carbocycles. The number of non-ortho nitro benzene ring substituents is 1. The average Bonchev–Trinajstić information content (AvgIpc) is 2.65. The third kappa shape index (κ3) is 4.72. The van der Waals surface area contributed by atoms with E-state index in [9.17, 15) is 28.1 Å². The largest absolute Gasteiger partial charge is 0.457 e. The van der Waals surface area contributed by atoms with E-state index in [-0.39, 0.29) is 35.1 Å². The van der Waals surface area contributed by atoms with Crippen molar-refractivity contribution < 1.29 is 32.4 Å². The summed E-state index contributed by atoms with van der Waals surface area (Å²) in [6, 6.07) is 9.11. The number of rotatable bonds is 4. The summed E-state index contributed by atoms with van der Waals surface area (Å²) in [5, 5.41) is 13.0. The van der Waals surface area contributed by atoms with E-state index in [1.165, 1.54) is 42.5 Å². The lowest BCUT2D eigenvalue weighted by molar-refractivity contribution is -0.384. The lowest BCUT2D eigenvalue weighted by Crippen LogP contribution is -2.17. The zero-order valence-corrected chi connectivity index (χ0v) is 14.7. The van der Waals surface area contributed by atoms with Crippen molar-refractivity contribution in [3.05, 3.63) is 82.1 Å². The molecule has 10 heteroatoms. The van der Waals surface area contributed by atoms with Gasteiger partial charge in [0, 0.05) is 29.4 Å². The normalized spacial score (nSPS) is 13.1. The van der Waals surface area contributed by atoms with Gasteiger partial charge in [0.15, 0.2) is 0 Å². The molecule has 1 aliphatic rings. The van der Waals surface area contributed by atoms with Gasteiger partial charge < -0.3 is 9.47 Å². The molecule has 150 valence electrons. The highest BCUT2D eigenvalue weighted by Crippen LogP contribution is 2.43. The van der Waals surface area contributed by atoms with Crippen molar-refractivity contribution in [2.75, 3.05) is 5.32 Å².